The molecule has 42 heavy (non-hydrogen) atoms. The molecule has 0 aromatic heterocycles. The van der Waals surface area contributed by atoms with E-state index in [4.69, 9.17) is 10.4 Å². The molecule has 8 heteroatoms. The summed E-state index contributed by atoms with van der Waals surface area (Å²) in [5.41, 5.74) is 6.74. The Morgan fingerprint density at radius 1 is 0.595 bits per heavy atom. The number of oxime groups is 2. The van der Waals surface area contributed by atoms with Gasteiger partial charge in [0.25, 0.3) is 0 Å². The first-order chi connectivity index (χ1) is 19.6. The van der Waals surface area contributed by atoms with Crippen molar-refractivity contribution in [2.45, 2.75) is 78.6 Å². The van der Waals surface area contributed by atoms with E-state index in [1.165, 1.54) is 12.4 Å². The molecule has 0 fully saturated rings. The lowest BCUT2D eigenvalue weighted by Crippen LogP contribution is -2.20. The second-order valence-corrected chi connectivity index (χ2v) is 13.3. The van der Waals surface area contributed by atoms with E-state index in [9.17, 15) is 10.2 Å². The summed E-state index contributed by atoms with van der Waals surface area (Å²) >= 11 is 0. The van der Waals surface area contributed by atoms with Gasteiger partial charge in [0.05, 0.1) is 12.4 Å². The van der Waals surface area contributed by atoms with Crippen LogP contribution in [-0.2, 0) is 37.0 Å². The van der Waals surface area contributed by atoms with Crippen molar-refractivity contribution in [2.24, 2.45) is 10.3 Å². The van der Waals surface area contributed by atoms with Gasteiger partial charge in [-0.05, 0) is 59.3 Å². The van der Waals surface area contributed by atoms with Crippen LogP contribution in [0.3, 0.4) is 0 Å². The lowest BCUT2D eigenvalue weighted by Gasteiger charge is -2.24. The fourth-order valence-corrected chi connectivity index (χ4v) is 4.93. The fraction of sp³-hybridized carbons (Fsp3) is 0.412. The van der Waals surface area contributed by atoms with Crippen LogP contribution in [0.15, 0.2) is 58.8 Å². The van der Waals surface area contributed by atoms with Gasteiger partial charge in [0, 0.05) is 48.4 Å². The van der Waals surface area contributed by atoms with Gasteiger partial charge in [-0.15, -0.1) is 0 Å². The molecule has 3 aromatic carbocycles. The molecule has 4 N–H and O–H groups in total. The van der Waals surface area contributed by atoms with Gasteiger partial charge < -0.3 is 20.6 Å². The minimum Gasteiger partial charge on any atom is -0.507 e. The molecule has 0 saturated heterocycles. The van der Waals surface area contributed by atoms with Crippen molar-refractivity contribution in [3.05, 3.63) is 93.0 Å². The van der Waals surface area contributed by atoms with Crippen LogP contribution in [0.5, 0.6) is 11.5 Å². The highest BCUT2D eigenvalue weighted by Crippen LogP contribution is 2.32. The van der Waals surface area contributed by atoms with E-state index in [2.05, 4.69) is 85.9 Å². The molecule has 0 aliphatic heterocycles. The molecule has 0 saturated carbocycles. The average Bonchev–Trinajstić information content (AvgIpc) is 2.88. The molecule has 0 aliphatic carbocycles. The van der Waals surface area contributed by atoms with Gasteiger partial charge in [-0.25, -0.2) is 0 Å². The maximum absolute atomic E-state index is 10.8. The Balaban J connectivity index is 1.69. The van der Waals surface area contributed by atoms with Crippen molar-refractivity contribution in [3.8, 4) is 11.5 Å². The van der Waals surface area contributed by atoms with Crippen LogP contribution in [0.4, 0.5) is 0 Å². The minimum atomic E-state index is -0.119. The lowest BCUT2D eigenvalue weighted by atomic mass is 9.84. The molecule has 226 valence electrons. The zero-order valence-corrected chi connectivity index (χ0v) is 26.2. The summed E-state index contributed by atoms with van der Waals surface area (Å²) in [6.45, 7) is 15.1. The van der Waals surface area contributed by atoms with E-state index in [1.807, 2.05) is 38.4 Å². The van der Waals surface area contributed by atoms with Gasteiger partial charge in [-0.2, -0.15) is 0 Å². The molecule has 0 bridgehead atoms. The van der Waals surface area contributed by atoms with E-state index in [-0.39, 0.29) is 22.3 Å². The number of nitrogens with zero attached hydrogens (tertiary/aromatic N) is 4. The smallest absolute Gasteiger partial charge is 0.128 e. The molecule has 0 unspecified atom stereocenters. The number of hydrogen-bond donors (Lipinski definition) is 4. The topological polar surface area (TPSA) is 112 Å². The average molecular weight is 575 g/mol. The van der Waals surface area contributed by atoms with Crippen molar-refractivity contribution < 1.29 is 20.6 Å². The van der Waals surface area contributed by atoms with E-state index < -0.39 is 0 Å². The first-order valence-corrected chi connectivity index (χ1v) is 14.1. The Morgan fingerprint density at radius 2 is 0.929 bits per heavy atom. The Morgan fingerprint density at radius 3 is 1.21 bits per heavy atom. The summed E-state index contributed by atoms with van der Waals surface area (Å²) in [5, 5.41) is 46.0. The van der Waals surface area contributed by atoms with Crippen molar-refractivity contribution in [1.82, 2.24) is 9.80 Å². The van der Waals surface area contributed by atoms with Crippen molar-refractivity contribution in [1.29, 1.82) is 0 Å². The SMILES string of the molecule is CN(Cc1ccc(CN(C)Cc2cc(C(C)(C)C)cc(/C=N/O)c2O)cc1)Cc1cc(C(C)(C)C)cc(/C=N/O)c1O. The summed E-state index contributed by atoms with van der Waals surface area (Å²) in [4.78, 5) is 4.28. The lowest BCUT2D eigenvalue weighted by molar-refractivity contribution is 0.309. The highest BCUT2D eigenvalue weighted by molar-refractivity contribution is 5.84. The molecule has 0 aliphatic rings. The van der Waals surface area contributed by atoms with Gasteiger partial charge in [0.1, 0.15) is 11.5 Å². The zero-order valence-electron chi connectivity index (χ0n) is 26.2. The number of hydrogen-bond acceptors (Lipinski definition) is 8. The third-order valence-corrected chi connectivity index (χ3v) is 7.37. The maximum atomic E-state index is 10.8. The molecule has 0 amide bonds. The number of benzene rings is 3. The summed E-state index contributed by atoms with van der Waals surface area (Å²) in [5.74, 6) is 0.252. The number of phenolic OH excluding ortho intramolecular Hbond substituents is 2. The van der Waals surface area contributed by atoms with Crippen LogP contribution >= 0.6 is 0 Å². The molecule has 0 radical (unpaired) electrons. The molecule has 8 nitrogen and oxygen atoms in total. The maximum Gasteiger partial charge on any atom is 0.128 e. The summed E-state index contributed by atoms with van der Waals surface area (Å²) in [7, 11) is 4.03. The third-order valence-electron chi connectivity index (χ3n) is 7.37. The summed E-state index contributed by atoms with van der Waals surface area (Å²) < 4.78 is 0. The fourth-order valence-electron chi connectivity index (χ4n) is 4.93. The molecular formula is C34H46N4O4. The Hall–Kier alpha value is -3.88. The van der Waals surface area contributed by atoms with Crippen LogP contribution in [0.1, 0.15) is 86.1 Å². The summed E-state index contributed by atoms with van der Waals surface area (Å²) in [6, 6.07) is 16.2. The van der Waals surface area contributed by atoms with Crippen LogP contribution in [0.2, 0.25) is 0 Å². The van der Waals surface area contributed by atoms with Crippen molar-refractivity contribution in [3.63, 3.8) is 0 Å². The molecule has 3 rings (SSSR count). The van der Waals surface area contributed by atoms with E-state index in [0.717, 1.165) is 33.4 Å². The Bertz CT molecular complexity index is 1310. The molecule has 0 atom stereocenters. The van der Waals surface area contributed by atoms with Crippen LogP contribution < -0.4 is 0 Å². The van der Waals surface area contributed by atoms with Gasteiger partial charge in [0.15, 0.2) is 0 Å². The van der Waals surface area contributed by atoms with Crippen molar-refractivity contribution >= 4 is 12.4 Å². The van der Waals surface area contributed by atoms with Crippen LogP contribution in [0.25, 0.3) is 0 Å². The van der Waals surface area contributed by atoms with Crippen LogP contribution in [-0.4, -0.2) is 57.0 Å². The van der Waals surface area contributed by atoms with E-state index in [1.54, 1.807) is 0 Å². The highest BCUT2D eigenvalue weighted by Gasteiger charge is 2.20. The predicted molar refractivity (Wildman–Crippen MR) is 169 cm³/mol. The standard InChI is InChI=1S/C34H46N4O4/c1-33(2,3)29-13-25(17-35-41)31(39)27(15-29)21-37(7)19-23-9-11-24(12-10-23)20-38(8)22-28-16-30(34(4,5)6)14-26(18-36-42)32(28)40/h9-18,39-42H,19-22H2,1-8H3/b35-17+,36-18+. The first kappa shape index (κ1) is 32.6. The predicted octanol–water partition coefficient (Wildman–Crippen LogP) is 6.57. The van der Waals surface area contributed by atoms with Crippen LogP contribution in [0, 0.1) is 0 Å². The van der Waals surface area contributed by atoms with Gasteiger partial charge in [-0.3, -0.25) is 9.80 Å². The largest absolute Gasteiger partial charge is 0.507 e. The molecule has 3 aromatic rings. The number of rotatable bonds is 10. The second-order valence-electron chi connectivity index (χ2n) is 13.3. The molecule has 0 heterocycles. The van der Waals surface area contributed by atoms with Gasteiger partial charge >= 0.3 is 0 Å². The Labute approximate surface area is 250 Å². The summed E-state index contributed by atoms with van der Waals surface area (Å²) in [6.07, 6.45) is 2.55. The quantitative estimate of drug-likeness (QED) is 0.124. The Kier molecular flexibility index (Phi) is 10.4. The molecule has 0 spiro atoms. The van der Waals surface area contributed by atoms with Gasteiger partial charge in [-0.1, -0.05) is 88.3 Å². The second kappa shape index (κ2) is 13.4. The number of phenols is 2. The van der Waals surface area contributed by atoms with E-state index >= 15 is 0 Å². The van der Waals surface area contributed by atoms with Crippen molar-refractivity contribution in [2.75, 3.05) is 14.1 Å². The number of aromatic hydroxyl groups is 2. The third kappa shape index (κ3) is 8.57. The normalized spacial score (nSPS) is 12.8. The first-order valence-electron chi connectivity index (χ1n) is 14.1. The zero-order chi connectivity index (χ0) is 31.2. The highest BCUT2D eigenvalue weighted by atomic mass is 16.4. The monoisotopic (exact) mass is 574 g/mol. The van der Waals surface area contributed by atoms with Gasteiger partial charge in [0.2, 0.25) is 0 Å². The van der Waals surface area contributed by atoms with E-state index in [0.29, 0.717) is 37.3 Å². The minimum absolute atomic E-state index is 0.119. The molecular weight excluding hydrogens is 528 g/mol.